The minimum absolute atomic E-state index is 0.161. The quantitative estimate of drug-likeness (QED) is 0.189. The molecular weight excluding hydrogens is 412 g/mol. The van der Waals surface area contributed by atoms with Gasteiger partial charge in [0.25, 0.3) is 0 Å². The predicted molar refractivity (Wildman–Crippen MR) is 118 cm³/mol. The van der Waals surface area contributed by atoms with Gasteiger partial charge in [-0.3, -0.25) is 0 Å². The third-order valence-electron chi connectivity index (χ3n) is 4.29. The van der Waals surface area contributed by atoms with Gasteiger partial charge in [0, 0.05) is 10.9 Å². The van der Waals surface area contributed by atoms with E-state index in [2.05, 4.69) is 18.4 Å². The largest absolute Gasteiger partial charge is 0.744 e. The Balaban J connectivity index is 0.000000192. The second kappa shape index (κ2) is 8.97. The van der Waals surface area contributed by atoms with Crippen molar-refractivity contribution in [1.29, 1.82) is 0 Å². The van der Waals surface area contributed by atoms with Gasteiger partial charge in [0.05, 0.1) is 4.90 Å². The summed E-state index contributed by atoms with van der Waals surface area (Å²) in [5, 5.41) is 3.90. The summed E-state index contributed by atoms with van der Waals surface area (Å²) in [6.45, 7) is 0. The van der Waals surface area contributed by atoms with Crippen LogP contribution in [-0.2, 0) is 21.0 Å². The van der Waals surface area contributed by atoms with E-state index >= 15 is 0 Å². The maximum atomic E-state index is 11.2. The highest BCUT2D eigenvalue weighted by Crippen LogP contribution is 2.27. The first-order valence-electron chi connectivity index (χ1n) is 8.51. The van der Waals surface area contributed by atoms with E-state index in [1.165, 1.54) is 11.0 Å². The zero-order valence-corrected chi connectivity index (χ0v) is 17.6. The fourth-order valence-corrected chi connectivity index (χ4v) is 4.69. The summed E-state index contributed by atoms with van der Waals surface area (Å²) < 4.78 is 33.7. The van der Waals surface area contributed by atoms with Crippen LogP contribution in [-0.4, -0.2) is 24.4 Å². The molecule has 0 amide bonds. The third-order valence-corrected chi connectivity index (χ3v) is 7.57. The van der Waals surface area contributed by atoms with Gasteiger partial charge in [-0.2, -0.15) is 0 Å². The number of hydrogen-bond acceptors (Lipinski definition) is 3. The molecule has 0 spiro atoms. The molecule has 4 rings (SSSR count). The third kappa shape index (κ3) is 4.86. The lowest BCUT2D eigenvalue weighted by molar-refractivity contribution is 0.464. The van der Waals surface area contributed by atoms with Gasteiger partial charge in [0.1, 0.15) is 16.4 Å². The van der Waals surface area contributed by atoms with Crippen molar-refractivity contribution in [1.82, 2.24) is 0 Å². The van der Waals surface area contributed by atoms with E-state index in [1.54, 1.807) is 18.2 Å². The Morgan fingerprint density at radius 2 is 1.39 bits per heavy atom. The normalized spacial score (nSPS) is 12.4. The number of alkyl halides is 1. The molecule has 0 heterocycles. The summed E-state index contributed by atoms with van der Waals surface area (Å²) >= 11 is 5.70. The van der Waals surface area contributed by atoms with Crippen LogP contribution in [0.1, 0.15) is 0 Å². The summed E-state index contributed by atoms with van der Waals surface area (Å²) in [5.74, 6) is 0. The highest BCUT2D eigenvalue weighted by molar-refractivity contribution is 7.97. The molecule has 1 atom stereocenters. The van der Waals surface area contributed by atoms with Gasteiger partial charge in [-0.05, 0) is 51.9 Å². The van der Waals surface area contributed by atoms with Crippen LogP contribution in [0.25, 0.3) is 21.5 Å². The lowest BCUT2D eigenvalue weighted by atomic mass is 10.0. The average molecular weight is 431 g/mol. The summed E-state index contributed by atoms with van der Waals surface area (Å²) in [7, 11) is -4.22. The summed E-state index contributed by atoms with van der Waals surface area (Å²) in [6, 6.07) is 26.4. The van der Waals surface area contributed by atoms with Gasteiger partial charge in [0.15, 0.2) is 10.1 Å². The number of halogens is 1. The molecule has 144 valence electrons. The molecule has 0 saturated carbocycles. The van der Waals surface area contributed by atoms with E-state index < -0.39 is 10.1 Å². The van der Waals surface area contributed by atoms with Crippen molar-refractivity contribution >= 4 is 54.2 Å². The Morgan fingerprint density at radius 1 is 0.821 bits per heavy atom. The fraction of sp³-hybridized carbons (Fsp3) is 0.0909. The molecule has 0 aliphatic rings. The van der Waals surface area contributed by atoms with Crippen LogP contribution in [0.2, 0.25) is 0 Å². The molecule has 0 saturated heterocycles. The Labute approximate surface area is 173 Å². The summed E-state index contributed by atoms with van der Waals surface area (Å²) in [5.41, 5.74) is 0. The van der Waals surface area contributed by atoms with E-state index in [-0.39, 0.29) is 15.8 Å². The number of fused-ring (bicyclic) bond motifs is 2. The maximum Gasteiger partial charge on any atom is 0.186 e. The topological polar surface area (TPSA) is 57.2 Å². The van der Waals surface area contributed by atoms with Crippen molar-refractivity contribution in [2.24, 2.45) is 0 Å². The Bertz CT molecular complexity index is 1190. The molecule has 3 nitrogen and oxygen atoms in total. The zero-order valence-electron chi connectivity index (χ0n) is 15.2. The number of hydrogen-bond donors (Lipinski definition) is 0. The van der Waals surface area contributed by atoms with Crippen LogP contribution >= 0.6 is 11.6 Å². The molecule has 0 radical (unpaired) electrons. The minimum Gasteiger partial charge on any atom is -0.744 e. The first-order valence-corrected chi connectivity index (χ1v) is 12.3. The molecule has 0 N–H and O–H groups in total. The Hall–Kier alpha value is -2.05. The number of benzene rings is 4. The van der Waals surface area contributed by atoms with Gasteiger partial charge in [-0.15, -0.1) is 0 Å². The van der Waals surface area contributed by atoms with Crippen molar-refractivity contribution in [3.05, 3.63) is 84.9 Å². The molecule has 28 heavy (non-hydrogen) atoms. The monoisotopic (exact) mass is 430 g/mol. The molecule has 1 unspecified atom stereocenters. The molecule has 0 aromatic heterocycles. The second-order valence-electron chi connectivity index (χ2n) is 6.19. The molecule has 6 heteroatoms. The second-order valence-corrected chi connectivity index (χ2v) is 10.2. The van der Waals surface area contributed by atoms with E-state index in [0.29, 0.717) is 5.39 Å². The van der Waals surface area contributed by atoms with Crippen LogP contribution in [0.4, 0.5) is 0 Å². The van der Waals surface area contributed by atoms with Crippen molar-refractivity contribution in [3.8, 4) is 0 Å². The van der Waals surface area contributed by atoms with Gasteiger partial charge in [-0.1, -0.05) is 66.2 Å². The van der Waals surface area contributed by atoms with Gasteiger partial charge in [-0.25, -0.2) is 8.42 Å². The SMILES string of the molecule is C[S+](CCl)c1ccccc1.O=S(=O)([O-])c1cccc2cc3ccccc3cc12. The smallest absolute Gasteiger partial charge is 0.186 e. The van der Waals surface area contributed by atoms with Crippen molar-refractivity contribution in [3.63, 3.8) is 0 Å². The van der Waals surface area contributed by atoms with Crippen LogP contribution in [0, 0.1) is 0 Å². The van der Waals surface area contributed by atoms with Gasteiger partial charge >= 0.3 is 0 Å². The van der Waals surface area contributed by atoms with E-state index in [1.807, 2.05) is 48.5 Å². The molecule has 0 bridgehead atoms. The number of rotatable bonds is 3. The highest BCUT2D eigenvalue weighted by atomic mass is 35.5. The Kier molecular flexibility index (Phi) is 6.62. The average Bonchev–Trinajstić information content (AvgIpc) is 2.71. The Morgan fingerprint density at radius 3 is 2.00 bits per heavy atom. The van der Waals surface area contributed by atoms with Gasteiger partial charge < -0.3 is 4.55 Å². The summed E-state index contributed by atoms with van der Waals surface area (Å²) in [4.78, 5) is 1.18. The standard InChI is InChI=1S/C14H10O3S.C8H10ClS/c15-18(16,17)14-7-3-6-12-8-10-4-1-2-5-11(10)9-13(12)14;1-10(7-9)8-5-3-2-4-6-8/h1-9H,(H,15,16,17);2-6H,7H2,1H3/q;+1/p-1. The van der Waals surface area contributed by atoms with E-state index in [9.17, 15) is 13.0 Å². The van der Waals surface area contributed by atoms with Crippen molar-refractivity contribution in [2.45, 2.75) is 9.79 Å². The lowest BCUT2D eigenvalue weighted by Crippen LogP contribution is -1.99. The molecule has 0 fully saturated rings. The van der Waals surface area contributed by atoms with Gasteiger partial charge in [0.2, 0.25) is 0 Å². The molecular formula is C22H19ClO3S2. The van der Waals surface area contributed by atoms with E-state index in [0.717, 1.165) is 21.4 Å². The molecule has 4 aromatic rings. The fourth-order valence-electron chi connectivity index (χ4n) is 2.87. The molecule has 0 aliphatic heterocycles. The first-order chi connectivity index (χ1) is 13.4. The van der Waals surface area contributed by atoms with Crippen LogP contribution in [0.15, 0.2) is 94.7 Å². The van der Waals surface area contributed by atoms with Crippen LogP contribution in [0.5, 0.6) is 0 Å². The van der Waals surface area contributed by atoms with Crippen molar-refractivity contribution < 1.29 is 13.0 Å². The molecule has 0 aliphatic carbocycles. The zero-order chi connectivity index (χ0) is 20.1. The highest BCUT2D eigenvalue weighted by Gasteiger charge is 2.11. The lowest BCUT2D eigenvalue weighted by Gasteiger charge is -2.11. The summed E-state index contributed by atoms with van der Waals surface area (Å²) in [6.07, 6.45) is 2.16. The minimum atomic E-state index is -4.45. The van der Waals surface area contributed by atoms with Crippen LogP contribution < -0.4 is 0 Å². The molecule has 4 aromatic carbocycles. The maximum absolute atomic E-state index is 11.2. The first kappa shape index (κ1) is 20.7. The van der Waals surface area contributed by atoms with Crippen LogP contribution in [0.3, 0.4) is 0 Å². The van der Waals surface area contributed by atoms with E-state index in [4.69, 9.17) is 11.6 Å². The van der Waals surface area contributed by atoms with Crippen molar-refractivity contribution in [2.75, 3.05) is 11.5 Å². The predicted octanol–water partition coefficient (Wildman–Crippen LogP) is 5.39.